The zero-order valence-corrected chi connectivity index (χ0v) is 13.5. The Hall–Kier alpha value is -2.13. The number of ether oxygens (including phenoxy) is 1. The van der Waals surface area contributed by atoms with Gasteiger partial charge in [0.1, 0.15) is 17.6 Å². The summed E-state index contributed by atoms with van der Waals surface area (Å²) < 4.78 is 6.10. The van der Waals surface area contributed by atoms with Crippen LogP contribution in [0.2, 0.25) is 5.02 Å². The van der Waals surface area contributed by atoms with Gasteiger partial charge in [-0.3, -0.25) is 4.79 Å². The van der Waals surface area contributed by atoms with E-state index in [1.807, 2.05) is 24.3 Å². The first-order chi connectivity index (χ1) is 11.1. The molecule has 1 aliphatic rings. The Morgan fingerprint density at radius 2 is 1.83 bits per heavy atom. The lowest BCUT2D eigenvalue weighted by Crippen LogP contribution is -2.32. The summed E-state index contributed by atoms with van der Waals surface area (Å²) in [6.07, 6.45) is 0.455. The van der Waals surface area contributed by atoms with Gasteiger partial charge in [0, 0.05) is 11.4 Å². The summed E-state index contributed by atoms with van der Waals surface area (Å²) in [6.45, 7) is 1.54. The van der Waals surface area contributed by atoms with E-state index >= 15 is 0 Å². The summed E-state index contributed by atoms with van der Waals surface area (Å²) in [7, 11) is 0. The first kappa shape index (κ1) is 15.8. The molecule has 0 amide bonds. The molecule has 1 heterocycles. The van der Waals surface area contributed by atoms with Gasteiger partial charge in [-0.2, -0.15) is 0 Å². The first-order valence-corrected chi connectivity index (χ1v) is 7.99. The molecule has 0 fully saturated rings. The number of Topliss-reactive ketones (excluding diaryl/α,β-unsaturated/α-hetero) is 2. The van der Waals surface area contributed by atoms with E-state index < -0.39 is 6.10 Å². The highest BCUT2D eigenvalue weighted by Crippen LogP contribution is 2.40. The zero-order chi connectivity index (χ0) is 16.4. The SMILES string of the molecule is CC(=O)CCC1C(=O)c2ccccc2OC1c1ccc(Cl)cc1. The minimum absolute atomic E-state index is 0.0352. The maximum Gasteiger partial charge on any atom is 0.173 e. The molecule has 4 heteroatoms. The topological polar surface area (TPSA) is 43.4 Å². The van der Waals surface area contributed by atoms with Crippen LogP contribution in [-0.2, 0) is 4.79 Å². The largest absolute Gasteiger partial charge is 0.484 e. The fourth-order valence-corrected chi connectivity index (χ4v) is 3.05. The number of rotatable bonds is 4. The lowest BCUT2D eigenvalue weighted by molar-refractivity contribution is -0.117. The van der Waals surface area contributed by atoms with Gasteiger partial charge in [0.2, 0.25) is 0 Å². The predicted octanol–water partition coefficient (Wildman–Crippen LogP) is 4.64. The van der Waals surface area contributed by atoms with Crippen LogP contribution < -0.4 is 4.74 Å². The van der Waals surface area contributed by atoms with Gasteiger partial charge in [0.25, 0.3) is 0 Å². The molecule has 23 heavy (non-hydrogen) atoms. The van der Waals surface area contributed by atoms with Gasteiger partial charge >= 0.3 is 0 Å². The summed E-state index contributed by atoms with van der Waals surface area (Å²) in [4.78, 5) is 24.2. The lowest BCUT2D eigenvalue weighted by atomic mass is 9.82. The van der Waals surface area contributed by atoms with Crippen molar-refractivity contribution in [1.29, 1.82) is 0 Å². The van der Waals surface area contributed by atoms with Gasteiger partial charge in [-0.05, 0) is 43.2 Å². The van der Waals surface area contributed by atoms with Gasteiger partial charge in [-0.1, -0.05) is 35.9 Å². The summed E-state index contributed by atoms with van der Waals surface area (Å²) in [5, 5.41) is 0.636. The summed E-state index contributed by atoms with van der Waals surface area (Å²) in [5.41, 5.74) is 1.48. The Morgan fingerprint density at radius 3 is 2.52 bits per heavy atom. The number of halogens is 1. The van der Waals surface area contributed by atoms with Crippen molar-refractivity contribution in [3.8, 4) is 5.75 Å². The quantitative estimate of drug-likeness (QED) is 0.821. The maximum atomic E-state index is 12.9. The third-order valence-electron chi connectivity index (χ3n) is 4.11. The van der Waals surface area contributed by atoms with E-state index in [1.165, 1.54) is 0 Å². The van der Waals surface area contributed by atoms with Crippen LogP contribution in [-0.4, -0.2) is 11.6 Å². The molecule has 3 rings (SSSR count). The predicted molar refractivity (Wildman–Crippen MR) is 89.0 cm³/mol. The number of hydrogen-bond acceptors (Lipinski definition) is 3. The second-order valence-corrected chi connectivity index (χ2v) is 6.23. The average molecular weight is 329 g/mol. The molecule has 2 aromatic rings. The Labute approximate surface area is 140 Å². The van der Waals surface area contributed by atoms with Crippen LogP contribution in [0.15, 0.2) is 48.5 Å². The highest BCUT2D eigenvalue weighted by molar-refractivity contribution is 6.30. The van der Waals surface area contributed by atoms with Crippen molar-refractivity contribution in [2.75, 3.05) is 0 Å². The molecule has 2 unspecified atom stereocenters. The van der Waals surface area contributed by atoms with E-state index in [0.717, 1.165) is 5.56 Å². The average Bonchev–Trinajstić information content (AvgIpc) is 2.54. The highest BCUT2D eigenvalue weighted by Gasteiger charge is 2.37. The van der Waals surface area contributed by atoms with E-state index in [-0.39, 0.29) is 17.5 Å². The summed E-state index contributed by atoms with van der Waals surface area (Å²) in [5.74, 6) is 0.339. The van der Waals surface area contributed by atoms with Gasteiger partial charge in [0.15, 0.2) is 5.78 Å². The molecule has 2 aromatic carbocycles. The molecular formula is C19H17ClO3. The normalized spacial score (nSPS) is 19.8. The van der Waals surface area contributed by atoms with E-state index in [2.05, 4.69) is 0 Å². The van der Waals surface area contributed by atoms with Crippen LogP contribution >= 0.6 is 11.6 Å². The zero-order valence-electron chi connectivity index (χ0n) is 12.8. The van der Waals surface area contributed by atoms with Crippen molar-refractivity contribution in [3.05, 3.63) is 64.7 Å². The van der Waals surface area contributed by atoms with Crippen LogP contribution in [0.1, 0.15) is 41.8 Å². The van der Waals surface area contributed by atoms with Crippen molar-refractivity contribution in [2.24, 2.45) is 5.92 Å². The van der Waals surface area contributed by atoms with Gasteiger partial charge in [-0.25, -0.2) is 0 Å². The van der Waals surface area contributed by atoms with Crippen molar-refractivity contribution in [3.63, 3.8) is 0 Å². The highest BCUT2D eigenvalue weighted by atomic mass is 35.5. The van der Waals surface area contributed by atoms with Gasteiger partial charge < -0.3 is 9.53 Å². The maximum absolute atomic E-state index is 12.9. The fraction of sp³-hybridized carbons (Fsp3) is 0.263. The molecule has 0 aromatic heterocycles. The monoisotopic (exact) mass is 328 g/mol. The summed E-state index contributed by atoms with van der Waals surface area (Å²) in [6, 6.07) is 14.6. The first-order valence-electron chi connectivity index (χ1n) is 7.61. The Balaban J connectivity index is 1.98. The number of carbonyl (C=O) groups is 2. The molecule has 1 aliphatic heterocycles. The fourth-order valence-electron chi connectivity index (χ4n) is 2.92. The van der Waals surface area contributed by atoms with Crippen molar-refractivity contribution in [2.45, 2.75) is 25.9 Å². The molecule has 0 bridgehead atoms. The van der Waals surface area contributed by atoms with E-state index in [4.69, 9.17) is 16.3 Å². The van der Waals surface area contributed by atoms with E-state index in [1.54, 1.807) is 31.2 Å². The van der Waals surface area contributed by atoms with Crippen LogP contribution in [0.25, 0.3) is 0 Å². The van der Waals surface area contributed by atoms with Crippen molar-refractivity contribution < 1.29 is 14.3 Å². The Morgan fingerprint density at radius 1 is 1.13 bits per heavy atom. The third-order valence-corrected chi connectivity index (χ3v) is 4.37. The molecule has 0 radical (unpaired) electrons. The lowest BCUT2D eigenvalue weighted by Gasteiger charge is -2.32. The molecule has 0 saturated heterocycles. The Bertz CT molecular complexity index is 737. The summed E-state index contributed by atoms with van der Waals surface area (Å²) >= 11 is 5.95. The second-order valence-electron chi connectivity index (χ2n) is 5.80. The molecular weight excluding hydrogens is 312 g/mol. The van der Waals surface area contributed by atoms with E-state index in [0.29, 0.717) is 29.2 Å². The van der Waals surface area contributed by atoms with Crippen LogP contribution in [0, 0.1) is 5.92 Å². The molecule has 118 valence electrons. The van der Waals surface area contributed by atoms with Crippen LogP contribution in [0.4, 0.5) is 0 Å². The second kappa shape index (κ2) is 6.55. The van der Waals surface area contributed by atoms with Crippen LogP contribution in [0.5, 0.6) is 5.75 Å². The van der Waals surface area contributed by atoms with Crippen molar-refractivity contribution >= 4 is 23.2 Å². The standard InChI is InChI=1S/C19H17ClO3/c1-12(21)6-11-16-18(22)15-4-2-3-5-17(15)23-19(16)13-7-9-14(20)10-8-13/h2-5,7-10,16,19H,6,11H2,1H3. The van der Waals surface area contributed by atoms with Crippen LogP contribution in [0.3, 0.4) is 0 Å². The van der Waals surface area contributed by atoms with Gasteiger partial charge in [-0.15, -0.1) is 0 Å². The number of hydrogen-bond donors (Lipinski definition) is 0. The third kappa shape index (κ3) is 3.30. The minimum atomic E-state index is -0.394. The number of fused-ring (bicyclic) bond motifs is 1. The minimum Gasteiger partial charge on any atom is -0.484 e. The molecule has 0 aliphatic carbocycles. The number of para-hydroxylation sites is 1. The number of carbonyl (C=O) groups excluding carboxylic acids is 2. The van der Waals surface area contributed by atoms with E-state index in [9.17, 15) is 9.59 Å². The molecule has 0 spiro atoms. The molecule has 3 nitrogen and oxygen atoms in total. The molecule has 0 N–H and O–H groups in total. The number of ketones is 2. The molecule has 2 atom stereocenters. The number of benzene rings is 2. The van der Waals surface area contributed by atoms with Gasteiger partial charge in [0.05, 0.1) is 11.5 Å². The smallest absolute Gasteiger partial charge is 0.173 e. The molecule has 0 saturated carbocycles. The van der Waals surface area contributed by atoms with Crippen molar-refractivity contribution in [1.82, 2.24) is 0 Å². The Kier molecular flexibility index (Phi) is 4.49.